The van der Waals surface area contributed by atoms with Crippen LogP contribution in [0.1, 0.15) is 21.5 Å². The van der Waals surface area contributed by atoms with Crippen molar-refractivity contribution in [2.24, 2.45) is 0 Å². The molecule has 2 aromatic carbocycles. The molecule has 7 heteroatoms. The predicted octanol–water partition coefficient (Wildman–Crippen LogP) is 2.35. The summed E-state index contributed by atoms with van der Waals surface area (Å²) in [4.78, 5) is 35.3. The zero-order chi connectivity index (χ0) is 19.1. The van der Waals surface area contributed by atoms with Crippen LogP contribution in [0.25, 0.3) is 0 Å². The van der Waals surface area contributed by atoms with Gasteiger partial charge in [0.2, 0.25) is 5.91 Å². The van der Waals surface area contributed by atoms with E-state index in [1.54, 1.807) is 6.07 Å². The van der Waals surface area contributed by atoms with Crippen LogP contribution < -0.4 is 10.6 Å². The number of esters is 1. The van der Waals surface area contributed by atoms with Crippen molar-refractivity contribution in [3.63, 3.8) is 0 Å². The minimum absolute atomic E-state index is 0.00506. The second-order valence-electron chi connectivity index (χ2n) is 5.66. The molecule has 6 nitrogen and oxygen atoms in total. The number of hydrogen-bond donors (Lipinski definition) is 2. The van der Waals surface area contributed by atoms with E-state index in [0.717, 1.165) is 17.2 Å². The Hall–Kier alpha value is -3.22. The fourth-order valence-electron chi connectivity index (χ4n) is 2.14. The maximum Gasteiger partial charge on any atom is 0.338 e. The van der Waals surface area contributed by atoms with Crippen LogP contribution in [-0.2, 0) is 14.3 Å². The third kappa shape index (κ3) is 5.41. The summed E-state index contributed by atoms with van der Waals surface area (Å²) >= 11 is 0. The Bertz CT molecular complexity index is 836. The molecule has 0 heterocycles. The van der Waals surface area contributed by atoms with Gasteiger partial charge >= 0.3 is 5.97 Å². The van der Waals surface area contributed by atoms with Crippen LogP contribution in [0, 0.1) is 19.7 Å². The highest BCUT2D eigenvalue weighted by molar-refractivity contribution is 5.96. The standard InChI is InChI=1S/C19H19FN2O4/c1-12-5-3-8-16(13(12)2)22-17(23)10-21-18(24)11-26-19(25)14-6-4-7-15(20)9-14/h3-9H,10-11H2,1-2H3,(H,21,24)(H,22,23). The van der Waals surface area contributed by atoms with Gasteiger partial charge in [0.05, 0.1) is 12.1 Å². The first-order valence-corrected chi connectivity index (χ1v) is 7.92. The fraction of sp³-hybridized carbons (Fsp3) is 0.211. The van der Waals surface area contributed by atoms with Crippen molar-refractivity contribution in [1.29, 1.82) is 0 Å². The molecule has 0 radical (unpaired) electrons. The molecule has 0 spiro atoms. The van der Waals surface area contributed by atoms with Gasteiger partial charge in [0.15, 0.2) is 6.61 Å². The molecule has 0 aliphatic heterocycles. The Kier molecular flexibility index (Phi) is 6.43. The quantitative estimate of drug-likeness (QED) is 0.777. The van der Waals surface area contributed by atoms with Crippen molar-refractivity contribution in [3.8, 4) is 0 Å². The van der Waals surface area contributed by atoms with Crippen molar-refractivity contribution in [2.75, 3.05) is 18.5 Å². The lowest BCUT2D eigenvalue weighted by molar-refractivity contribution is -0.126. The highest BCUT2D eigenvalue weighted by Gasteiger charge is 2.12. The fourth-order valence-corrected chi connectivity index (χ4v) is 2.14. The summed E-state index contributed by atoms with van der Waals surface area (Å²) in [6.45, 7) is 2.99. The summed E-state index contributed by atoms with van der Waals surface area (Å²) in [6, 6.07) is 10.5. The van der Waals surface area contributed by atoms with Crippen LogP contribution in [0.15, 0.2) is 42.5 Å². The molecule has 136 valence electrons. The second kappa shape index (κ2) is 8.75. The molecule has 0 unspecified atom stereocenters. The molecular weight excluding hydrogens is 339 g/mol. The highest BCUT2D eigenvalue weighted by atomic mass is 19.1. The monoisotopic (exact) mass is 358 g/mol. The topological polar surface area (TPSA) is 84.5 Å². The molecule has 2 aromatic rings. The minimum atomic E-state index is -0.820. The van der Waals surface area contributed by atoms with E-state index in [0.29, 0.717) is 5.69 Å². The molecule has 2 rings (SSSR count). The lowest BCUT2D eigenvalue weighted by atomic mass is 10.1. The van der Waals surface area contributed by atoms with E-state index in [9.17, 15) is 18.8 Å². The third-order valence-corrected chi connectivity index (χ3v) is 3.72. The number of halogens is 1. The van der Waals surface area contributed by atoms with Crippen molar-refractivity contribution < 1.29 is 23.5 Å². The van der Waals surface area contributed by atoms with E-state index in [-0.39, 0.29) is 12.1 Å². The van der Waals surface area contributed by atoms with Crippen LogP contribution in [-0.4, -0.2) is 30.9 Å². The van der Waals surface area contributed by atoms with E-state index < -0.39 is 30.2 Å². The van der Waals surface area contributed by atoms with Crippen LogP contribution in [0.3, 0.4) is 0 Å². The van der Waals surface area contributed by atoms with Gasteiger partial charge in [0.25, 0.3) is 5.91 Å². The van der Waals surface area contributed by atoms with E-state index in [1.165, 1.54) is 18.2 Å². The molecule has 2 N–H and O–H groups in total. The van der Waals surface area contributed by atoms with Crippen molar-refractivity contribution in [2.45, 2.75) is 13.8 Å². The first-order chi connectivity index (χ1) is 12.4. The Morgan fingerprint density at radius 1 is 1.04 bits per heavy atom. The number of carbonyl (C=O) groups is 3. The molecule has 0 aliphatic rings. The first-order valence-electron chi connectivity index (χ1n) is 7.92. The normalized spacial score (nSPS) is 10.1. The van der Waals surface area contributed by atoms with Gasteiger partial charge in [-0.15, -0.1) is 0 Å². The lowest BCUT2D eigenvalue weighted by Gasteiger charge is -2.11. The number of anilines is 1. The number of carbonyl (C=O) groups excluding carboxylic acids is 3. The first kappa shape index (κ1) is 19.1. The summed E-state index contributed by atoms with van der Waals surface area (Å²) in [5.74, 6) is -2.43. The molecule has 0 saturated carbocycles. The Morgan fingerprint density at radius 2 is 1.77 bits per heavy atom. The maximum absolute atomic E-state index is 13.0. The van der Waals surface area contributed by atoms with Crippen LogP contribution in [0.4, 0.5) is 10.1 Å². The smallest absolute Gasteiger partial charge is 0.338 e. The van der Waals surface area contributed by atoms with Crippen LogP contribution >= 0.6 is 0 Å². The summed E-state index contributed by atoms with van der Waals surface area (Å²) < 4.78 is 17.8. The Labute approximate surface area is 150 Å². The average molecular weight is 358 g/mol. The van der Waals surface area contributed by atoms with Gasteiger partial charge in [-0.1, -0.05) is 18.2 Å². The molecule has 26 heavy (non-hydrogen) atoms. The zero-order valence-electron chi connectivity index (χ0n) is 14.5. The van der Waals surface area contributed by atoms with E-state index in [2.05, 4.69) is 10.6 Å². The zero-order valence-corrected chi connectivity index (χ0v) is 14.5. The van der Waals surface area contributed by atoms with Gasteiger partial charge in [-0.3, -0.25) is 9.59 Å². The number of benzene rings is 2. The summed E-state index contributed by atoms with van der Waals surface area (Å²) in [5.41, 5.74) is 2.65. The van der Waals surface area contributed by atoms with Crippen molar-refractivity contribution in [3.05, 3.63) is 65.0 Å². The third-order valence-electron chi connectivity index (χ3n) is 3.72. The molecule has 0 fully saturated rings. The Morgan fingerprint density at radius 3 is 2.50 bits per heavy atom. The molecule has 2 amide bonds. The molecular formula is C19H19FN2O4. The minimum Gasteiger partial charge on any atom is -0.452 e. The molecule has 0 aromatic heterocycles. The average Bonchev–Trinajstić information content (AvgIpc) is 2.61. The highest BCUT2D eigenvalue weighted by Crippen LogP contribution is 2.17. The van der Waals surface area contributed by atoms with Crippen molar-refractivity contribution >= 4 is 23.5 Å². The molecule has 0 bridgehead atoms. The van der Waals surface area contributed by atoms with Gasteiger partial charge in [-0.2, -0.15) is 0 Å². The summed E-state index contributed by atoms with van der Waals surface area (Å²) in [5, 5.41) is 5.05. The predicted molar refractivity (Wildman–Crippen MR) is 94.2 cm³/mol. The SMILES string of the molecule is Cc1cccc(NC(=O)CNC(=O)COC(=O)c2cccc(F)c2)c1C. The number of nitrogens with one attached hydrogen (secondary N) is 2. The van der Waals surface area contributed by atoms with E-state index in [4.69, 9.17) is 4.74 Å². The van der Waals surface area contributed by atoms with Gasteiger partial charge in [0.1, 0.15) is 5.82 Å². The van der Waals surface area contributed by atoms with Gasteiger partial charge in [0, 0.05) is 5.69 Å². The van der Waals surface area contributed by atoms with Gasteiger partial charge in [-0.05, 0) is 49.2 Å². The molecule has 0 atom stereocenters. The Balaban J connectivity index is 1.77. The summed E-state index contributed by atoms with van der Waals surface area (Å²) in [7, 11) is 0. The maximum atomic E-state index is 13.0. The number of amides is 2. The van der Waals surface area contributed by atoms with Crippen LogP contribution in [0.5, 0.6) is 0 Å². The summed E-state index contributed by atoms with van der Waals surface area (Å²) in [6.07, 6.45) is 0. The molecule has 0 saturated heterocycles. The number of rotatable bonds is 6. The van der Waals surface area contributed by atoms with E-state index in [1.807, 2.05) is 26.0 Å². The van der Waals surface area contributed by atoms with Gasteiger partial charge < -0.3 is 15.4 Å². The second-order valence-corrected chi connectivity index (χ2v) is 5.66. The largest absolute Gasteiger partial charge is 0.452 e. The van der Waals surface area contributed by atoms with E-state index >= 15 is 0 Å². The van der Waals surface area contributed by atoms with Gasteiger partial charge in [-0.25, -0.2) is 9.18 Å². The number of hydrogen-bond acceptors (Lipinski definition) is 4. The molecule has 0 aliphatic carbocycles. The number of ether oxygens (including phenoxy) is 1. The number of aryl methyl sites for hydroxylation is 1. The lowest BCUT2D eigenvalue weighted by Crippen LogP contribution is -2.35. The van der Waals surface area contributed by atoms with Crippen LogP contribution in [0.2, 0.25) is 0 Å². The van der Waals surface area contributed by atoms with Crippen molar-refractivity contribution in [1.82, 2.24) is 5.32 Å².